The molecule has 0 amide bonds. The zero-order chi connectivity index (χ0) is 11.3. The van der Waals surface area contributed by atoms with Crippen molar-refractivity contribution in [1.29, 1.82) is 0 Å². The van der Waals surface area contributed by atoms with Gasteiger partial charge in [-0.2, -0.15) is 0 Å². The highest BCUT2D eigenvalue weighted by Crippen LogP contribution is 2.14. The molecule has 0 aromatic heterocycles. The van der Waals surface area contributed by atoms with Gasteiger partial charge in [-0.05, 0) is 31.1 Å². The summed E-state index contributed by atoms with van der Waals surface area (Å²) in [5.74, 6) is 0.0840. The fraction of sp³-hybridized carbons (Fsp3) is 0.231. The van der Waals surface area contributed by atoms with Crippen LogP contribution in [0, 0.1) is 0 Å². The van der Waals surface area contributed by atoms with Crippen molar-refractivity contribution in [2.45, 2.75) is 13.8 Å². The first-order valence-electron chi connectivity index (χ1n) is 4.89. The molecule has 0 atom stereocenters. The van der Waals surface area contributed by atoms with Gasteiger partial charge in [0.1, 0.15) is 0 Å². The van der Waals surface area contributed by atoms with Gasteiger partial charge in [-0.25, -0.2) is 0 Å². The van der Waals surface area contributed by atoms with Crippen molar-refractivity contribution in [3.8, 4) is 0 Å². The number of aliphatic imine (C=N–C) groups is 1. The van der Waals surface area contributed by atoms with Crippen LogP contribution in [-0.2, 0) is 0 Å². The number of rotatable bonds is 3. The monoisotopic (exact) mass is 201 g/mol. The van der Waals surface area contributed by atoms with Crippen molar-refractivity contribution in [2.24, 2.45) is 4.99 Å². The van der Waals surface area contributed by atoms with Crippen LogP contribution < -0.4 is 0 Å². The van der Waals surface area contributed by atoms with Crippen molar-refractivity contribution < 1.29 is 4.79 Å². The lowest BCUT2D eigenvalue weighted by Crippen LogP contribution is -1.94. The normalized spacial score (nSPS) is 12.1. The lowest BCUT2D eigenvalue weighted by Gasteiger charge is -2.03. The van der Waals surface area contributed by atoms with Crippen molar-refractivity contribution in [3.63, 3.8) is 0 Å². The van der Waals surface area contributed by atoms with Gasteiger partial charge in [-0.15, -0.1) is 0 Å². The van der Waals surface area contributed by atoms with Crippen LogP contribution in [0.1, 0.15) is 29.8 Å². The topological polar surface area (TPSA) is 29.4 Å². The molecule has 0 aliphatic heterocycles. The number of nitrogens with zero attached hydrogens (tertiary/aromatic N) is 1. The first-order valence-corrected chi connectivity index (χ1v) is 4.89. The van der Waals surface area contributed by atoms with Gasteiger partial charge in [-0.1, -0.05) is 24.3 Å². The smallest absolute Gasteiger partial charge is 0.159 e. The molecular formula is C13H15NO. The number of hydrogen-bond donors (Lipinski definition) is 0. The van der Waals surface area contributed by atoms with Crippen LogP contribution in [-0.4, -0.2) is 19.0 Å². The van der Waals surface area contributed by atoms with Gasteiger partial charge in [0.2, 0.25) is 0 Å². The Morgan fingerprint density at radius 1 is 1.33 bits per heavy atom. The van der Waals surface area contributed by atoms with E-state index in [4.69, 9.17) is 0 Å². The number of allylic oxidation sites excluding steroid dienone is 2. The Morgan fingerprint density at radius 2 is 2.00 bits per heavy atom. The number of hydrogen-bond acceptors (Lipinski definition) is 2. The summed E-state index contributed by atoms with van der Waals surface area (Å²) in [6.07, 6.45) is 3.77. The predicted molar refractivity (Wildman–Crippen MR) is 64.5 cm³/mol. The summed E-state index contributed by atoms with van der Waals surface area (Å²) in [5, 5.41) is 0. The minimum Gasteiger partial charge on any atom is -0.296 e. The number of Topliss-reactive ketones (excluding diaryl/α,β-unsaturated/α-hetero) is 1. The molecule has 0 aliphatic rings. The molecule has 1 aromatic carbocycles. The van der Waals surface area contributed by atoms with E-state index in [1.807, 2.05) is 37.3 Å². The second kappa shape index (κ2) is 5.25. The largest absolute Gasteiger partial charge is 0.296 e. The van der Waals surface area contributed by atoms with Crippen molar-refractivity contribution in [1.82, 2.24) is 0 Å². The molecule has 0 spiro atoms. The number of carbonyl (C=O) groups excluding carboxylic acids is 1. The Kier molecular flexibility index (Phi) is 3.98. The molecule has 78 valence electrons. The Bertz CT molecular complexity index is 416. The van der Waals surface area contributed by atoms with Gasteiger partial charge < -0.3 is 0 Å². The second-order valence-electron chi connectivity index (χ2n) is 3.27. The highest BCUT2D eigenvalue weighted by molar-refractivity contribution is 6.10. The molecule has 1 aromatic rings. The molecule has 0 aliphatic carbocycles. The first-order chi connectivity index (χ1) is 7.19. The Balaban J connectivity index is 3.15. The molecule has 1 rings (SSSR count). The summed E-state index contributed by atoms with van der Waals surface area (Å²) in [6.45, 7) is 3.53. The minimum absolute atomic E-state index is 0.0840. The maximum atomic E-state index is 11.2. The second-order valence-corrected chi connectivity index (χ2v) is 3.27. The Morgan fingerprint density at radius 3 is 2.53 bits per heavy atom. The van der Waals surface area contributed by atoms with Crippen LogP contribution in [0.3, 0.4) is 0 Å². The standard InChI is InChI=1S/C13H15NO/c1-4-11(9-14-3)13-7-5-6-12(8-13)10(2)15/h4-9H,1-3H3/b11-4+,14-9?. The molecule has 0 unspecified atom stereocenters. The van der Waals surface area contributed by atoms with Gasteiger partial charge in [0.25, 0.3) is 0 Å². The molecule has 0 fully saturated rings. The summed E-state index contributed by atoms with van der Waals surface area (Å²) in [5.41, 5.74) is 2.78. The Hall–Kier alpha value is -1.70. The van der Waals surface area contributed by atoms with Crippen molar-refractivity contribution in [3.05, 3.63) is 41.5 Å². The molecule has 0 radical (unpaired) electrons. The van der Waals surface area contributed by atoms with Gasteiger partial charge in [-0.3, -0.25) is 9.79 Å². The third-order valence-corrected chi connectivity index (χ3v) is 2.18. The fourth-order valence-electron chi connectivity index (χ4n) is 1.37. The van der Waals surface area contributed by atoms with E-state index in [-0.39, 0.29) is 5.78 Å². The molecule has 15 heavy (non-hydrogen) atoms. The van der Waals surface area contributed by atoms with Gasteiger partial charge in [0.15, 0.2) is 5.78 Å². The zero-order valence-corrected chi connectivity index (χ0v) is 9.32. The van der Waals surface area contributed by atoms with E-state index in [2.05, 4.69) is 4.99 Å². The van der Waals surface area contributed by atoms with E-state index in [1.54, 1.807) is 20.2 Å². The van der Waals surface area contributed by atoms with Crippen molar-refractivity contribution >= 4 is 17.6 Å². The van der Waals surface area contributed by atoms with Gasteiger partial charge in [0.05, 0.1) is 0 Å². The summed E-state index contributed by atoms with van der Waals surface area (Å²) in [4.78, 5) is 15.2. The summed E-state index contributed by atoms with van der Waals surface area (Å²) < 4.78 is 0. The van der Waals surface area contributed by atoms with Crippen LogP contribution in [0.5, 0.6) is 0 Å². The van der Waals surface area contributed by atoms with Crippen LogP contribution in [0.25, 0.3) is 5.57 Å². The van der Waals surface area contributed by atoms with E-state index >= 15 is 0 Å². The molecule has 0 saturated heterocycles. The quantitative estimate of drug-likeness (QED) is 0.546. The predicted octanol–water partition coefficient (Wildman–Crippen LogP) is 2.99. The molecular weight excluding hydrogens is 186 g/mol. The number of benzene rings is 1. The molecule has 0 saturated carbocycles. The van der Waals surface area contributed by atoms with E-state index in [0.29, 0.717) is 0 Å². The maximum absolute atomic E-state index is 11.2. The summed E-state index contributed by atoms with van der Waals surface area (Å²) >= 11 is 0. The molecule has 0 N–H and O–H groups in total. The third kappa shape index (κ3) is 2.88. The summed E-state index contributed by atoms with van der Waals surface area (Å²) in [6, 6.07) is 7.57. The van der Waals surface area contributed by atoms with Crippen LogP contribution in [0.2, 0.25) is 0 Å². The lowest BCUT2D eigenvalue weighted by molar-refractivity contribution is 0.101. The SMILES string of the molecule is C/C=C(\C=NC)c1cccc(C(C)=O)c1. The molecule has 2 nitrogen and oxygen atoms in total. The Labute approximate surface area is 90.4 Å². The molecule has 0 heterocycles. The van der Waals surface area contributed by atoms with E-state index in [0.717, 1.165) is 16.7 Å². The van der Waals surface area contributed by atoms with Crippen LogP contribution in [0.4, 0.5) is 0 Å². The number of carbonyl (C=O) groups is 1. The average Bonchev–Trinajstić information content (AvgIpc) is 2.26. The van der Waals surface area contributed by atoms with Gasteiger partial charge in [0, 0.05) is 18.8 Å². The summed E-state index contributed by atoms with van der Waals surface area (Å²) in [7, 11) is 1.73. The zero-order valence-electron chi connectivity index (χ0n) is 9.32. The van der Waals surface area contributed by atoms with Gasteiger partial charge >= 0.3 is 0 Å². The minimum atomic E-state index is 0.0840. The van der Waals surface area contributed by atoms with Crippen LogP contribution in [0.15, 0.2) is 35.3 Å². The fourth-order valence-corrected chi connectivity index (χ4v) is 1.37. The average molecular weight is 201 g/mol. The molecule has 2 heteroatoms. The van der Waals surface area contributed by atoms with E-state index in [9.17, 15) is 4.79 Å². The van der Waals surface area contributed by atoms with Crippen molar-refractivity contribution in [2.75, 3.05) is 7.05 Å². The van der Waals surface area contributed by atoms with E-state index in [1.165, 1.54) is 0 Å². The van der Waals surface area contributed by atoms with E-state index < -0.39 is 0 Å². The highest BCUT2D eigenvalue weighted by Gasteiger charge is 2.02. The van der Waals surface area contributed by atoms with Crippen LogP contribution >= 0.6 is 0 Å². The third-order valence-electron chi connectivity index (χ3n) is 2.18. The lowest BCUT2D eigenvalue weighted by atomic mass is 10.0. The first kappa shape index (κ1) is 11.4. The molecule has 0 bridgehead atoms. The maximum Gasteiger partial charge on any atom is 0.159 e. The number of ketones is 1. The highest BCUT2D eigenvalue weighted by atomic mass is 16.1.